The minimum absolute atomic E-state index is 0.292. The Kier molecular flexibility index (Phi) is 1.47. The van der Waals surface area contributed by atoms with Crippen LogP contribution < -0.4 is 0 Å². The number of hydrogen-bond acceptors (Lipinski definition) is 2. The van der Waals surface area contributed by atoms with E-state index in [1.807, 2.05) is 0 Å². The Balaban J connectivity index is 2.64. The maximum atomic E-state index is 4.30. The van der Waals surface area contributed by atoms with Crippen LogP contribution in [-0.4, -0.2) is 9.97 Å². The molecule has 12 heavy (non-hydrogen) atoms. The van der Waals surface area contributed by atoms with Gasteiger partial charge in [-0.2, -0.15) is 0 Å². The van der Waals surface area contributed by atoms with Gasteiger partial charge in [0.05, 0.1) is 0 Å². The minimum atomic E-state index is 0.292. The molecule has 0 unspecified atom stereocenters. The Morgan fingerprint density at radius 1 is 1.33 bits per heavy atom. The first-order valence-electron chi connectivity index (χ1n) is 4.42. The third kappa shape index (κ3) is 0.942. The highest BCUT2D eigenvalue weighted by atomic mass is 14.9. The van der Waals surface area contributed by atoms with Gasteiger partial charge in [0.15, 0.2) is 0 Å². The van der Waals surface area contributed by atoms with Crippen molar-refractivity contribution in [1.29, 1.82) is 0 Å². The van der Waals surface area contributed by atoms with Gasteiger partial charge in [-0.05, 0) is 25.2 Å². The fourth-order valence-corrected chi connectivity index (χ4v) is 2.15. The molecule has 2 rings (SSSR count). The van der Waals surface area contributed by atoms with E-state index in [2.05, 4.69) is 30.7 Å². The third-order valence-corrected chi connectivity index (χ3v) is 2.78. The number of hydrogen-bond donors (Lipinski definition) is 0. The number of rotatable bonds is 0. The van der Waals surface area contributed by atoms with E-state index in [0.29, 0.717) is 5.41 Å². The lowest BCUT2D eigenvalue weighted by molar-refractivity contribution is 0.518. The number of nitrogens with zero attached hydrogens (tertiary/aromatic N) is 2. The molecule has 64 valence electrons. The minimum Gasteiger partial charge on any atom is -0.241 e. The van der Waals surface area contributed by atoms with E-state index in [9.17, 15) is 0 Å². The first-order chi connectivity index (χ1) is 5.61. The molecule has 0 radical (unpaired) electrons. The second kappa shape index (κ2) is 2.28. The molecule has 0 bridgehead atoms. The van der Waals surface area contributed by atoms with Gasteiger partial charge in [0.2, 0.25) is 0 Å². The number of aryl methyl sites for hydroxylation is 2. The molecule has 2 heteroatoms. The average molecular weight is 162 g/mol. The summed E-state index contributed by atoms with van der Waals surface area (Å²) in [5.74, 6) is 0. The van der Waals surface area contributed by atoms with Crippen molar-refractivity contribution in [3.8, 4) is 0 Å². The Bertz CT molecular complexity index is 316. The molecular formula is C10H14N2. The van der Waals surface area contributed by atoms with Crippen LogP contribution >= 0.6 is 0 Å². The standard InChI is InChI=1S/C10H14N2/c1-7-9-8(12-6-11-7)4-5-10(9,2)3/h6H,4-5H2,1-3H3. The first kappa shape index (κ1) is 7.71. The SMILES string of the molecule is Cc1ncnc2c1C(C)(C)CC2. The maximum absolute atomic E-state index is 4.30. The highest BCUT2D eigenvalue weighted by Gasteiger charge is 2.32. The van der Waals surface area contributed by atoms with Crippen LogP contribution in [0.15, 0.2) is 6.33 Å². The topological polar surface area (TPSA) is 25.8 Å². The summed E-state index contributed by atoms with van der Waals surface area (Å²) >= 11 is 0. The van der Waals surface area contributed by atoms with Gasteiger partial charge in [0.25, 0.3) is 0 Å². The monoisotopic (exact) mass is 162 g/mol. The zero-order valence-electron chi connectivity index (χ0n) is 7.89. The predicted molar refractivity (Wildman–Crippen MR) is 48.1 cm³/mol. The Hall–Kier alpha value is -0.920. The van der Waals surface area contributed by atoms with E-state index in [0.717, 1.165) is 12.1 Å². The summed E-state index contributed by atoms with van der Waals surface area (Å²) in [7, 11) is 0. The van der Waals surface area contributed by atoms with E-state index in [1.54, 1.807) is 6.33 Å². The van der Waals surface area contributed by atoms with Crippen LogP contribution in [0.1, 0.15) is 37.2 Å². The van der Waals surface area contributed by atoms with E-state index in [-0.39, 0.29) is 0 Å². The van der Waals surface area contributed by atoms with Crippen molar-refractivity contribution in [2.45, 2.75) is 39.0 Å². The van der Waals surface area contributed by atoms with Gasteiger partial charge in [0, 0.05) is 17.0 Å². The van der Waals surface area contributed by atoms with Crippen LogP contribution in [0.5, 0.6) is 0 Å². The molecule has 0 saturated carbocycles. The molecule has 1 aromatic rings. The van der Waals surface area contributed by atoms with Crippen LogP contribution in [0, 0.1) is 6.92 Å². The Morgan fingerprint density at radius 2 is 2.08 bits per heavy atom. The second-order valence-electron chi connectivity index (χ2n) is 4.16. The Labute approximate surface area is 73.1 Å². The predicted octanol–water partition coefficient (Wildman–Crippen LogP) is 2.01. The van der Waals surface area contributed by atoms with Gasteiger partial charge in [-0.3, -0.25) is 0 Å². The quantitative estimate of drug-likeness (QED) is 0.583. The van der Waals surface area contributed by atoms with Gasteiger partial charge in [-0.25, -0.2) is 9.97 Å². The molecular weight excluding hydrogens is 148 g/mol. The lowest BCUT2D eigenvalue weighted by Gasteiger charge is -2.19. The first-order valence-corrected chi connectivity index (χ1v) is 4.42. The molecule has 0 aliphatic heterocycles. The number of fused-ring (bicyclic) bond motifs is 1. The number of aromatic nitrogens is 2. The highest BCUT2D eigenvalue weighted by molar-refractivity contribution is 5.35. The van der Waals surface area contributed by atoms with Crippen molar-refractivity contribution >= 4 is 0 Å². The summed E-state index contributed by atoms with van der Waals surface area (Å²) < 4.78 is 0. The highest BCUT2D eigenvalue weighted by Crippen LogP contribution is 2.38. The van der Waals surface area contributed by atoms with Gasteiger partial charge < -0.3 is 0 Å². The molecule has 0 aromatic carbocycles. The zero-order chi connectivity index (χ0) is 8.77. The summed E-state index contributed by atoms with van der Waals surface area (Å²) in [6.07, 6.45) is 4.00. The Morgan fingerprint density at radius 3 is 2.75 bits per heavy atom. The lowest BCUT2D eigenvalue weighted by Crippen LogP contribution is -2.14. The summed E-state index contributed by atoms with van der Waals surface area (Å²) in [5.41, 5.74) is 4.08. The molecule has 0 N–H and O–H groups in total. The van der Waals surface area contributed by atoms with Gasteiger partial charge in [-0.15, -0.1) is 0 Å². The largest absolute Gasteiger partial charge is 0.241 e. The molecule has 0 atom stereocenters. The van der Waals surface area contributed by atoms with E-state index in [1.165, 1.54) is 17.7 Å². The third-order valence-electron chi connectivity index (χ3n) is 2.78. The van der Waals surface area contributed by atoms with Crippen LogP contribution in [0.3, 0.4) is 0 Å². The van der Waals surface area contributed by atoms with Gasteiger partial charge in [0.1, 0.15) is 6.33 Å². The van der Waals surface area contributed by atoms with Crippen LogP contribution in [0.4, 0.5) is 0 Å². The molecule has 1 heterocycles. The van der Waals surface area contributed by atoms with Crippen molar-refractivity contribution in [2.75, 3.05) is 0 Å². The molecule has 0 saturated heterocycles. The van der Waals surface area contributed by atoms with Crippen LogP contribution in [0.2, 0.25) is 0 Å². The molecule has 1 aliphatic carbocycles. The van der Waals surface area contributed by atoms with Crippen LogP contribution in [-0.2, 0) is 11.8 Å². The lowest BCUT2D eigenvalue weighted by atomic mass is 9.86. The van der Waals surface area contributed by atoms with Gasteiger partial charge >= 0.3 is 0 Å². The van der Waals surface area contributed by atoms with Crippen molar-refractivity contribution in [3.63, 3.8) is 0 Å². The molecule has 1 aliphatic rings. The molecule has 0 amide bonds. The average Bonchev–Trinajstić information content (AvgIpc) is 2.29. The summed E-state index contributed by atoms with van der Waals surface area (Å²) in [6, 6.07) is 0. The van der Waals surface area contributed by atoms with E-state index >= 15 is 0 Å². The fourth-order valence-electron chi connectivity index (χ4n) is 2.15. The summed E-state index contributed by atoms with van der Waals surface area (Å²) in [4.78, 5) is 8.54. The maximum Gasteiger partial charge on any atom is 0.115 e. The van der Waals surface area contributed by atoms with Crippen molar-refractivity contribution in [2.24, 2.45) is 0 Å². The van der Waals surface area contributed by atoms with E-state index < -0.39 is 0 Å². The van der Waals surface area contributed by atoms with E-state index in [4.69, 9.17) is 0 Å². The molecule has 1 aromatic heterocycles. The smallest absolute Gasteiger partial charge is 0.115 e. The zero-order valence-corrected chi connectivity index (χ0v) is 7.89. The summed E-state index contributed by atoms with van der Waals surface area (Å²) in [5, 5.41) is 0. The van der Waals surface area contributed by atoms with Crippen LogP contribution in [0.25, 0.3) is 0 Å². The van der Waals surface area contributed by atoms with Crippen molar-refractivity contribution in [1.82, 2.24) is 9.97 Å². The van der Waals surface area contributed by atoms with Gasteiger partial charge in [-0.1, -0.05) is 13.8 Å². The fraction of sp³-hybridized carbons (Fsp3) is 0.600. The summed E-state index contributed by atoms with van der Waals surface area (Å²) in [6.45, 7) is 6.62. The van der Waals surface area contributed by atoms with Crippen molar-refractivity contribution < 1.29 is 0 Å². The second-order valence-corrected chi connectivity index (χ2v) is 4.16. The molecule has 0 spiro atoms. The molecule has 2 nitrogen and oxygen atoms in total. The molecule has 0 fully saturated rings. The van der Waals surface area contributed by atoms with Crippen molar-refractivity contribution in [3.05, 3.63) is 23.3 Å². The normalized spacial score (nSPS) is 19.2.